The van der Waals surface area contributed by atoms with Gasteiger partial charge in [0.2, 0.25) is 5.82 Å². The number of hydrogen-bond donors (Lipinski definition) is 2. The Hall–Kier alpha value is -1.91. The molecule has 0 unspecified atom stereocenters. The second kappa shape index (κ2) is 5.61. The third kappa shape index (κ3) is 3.15. The van der Waals surface area contributed by atoms with Gasteiger partial charge in [-0.05, 0) is 0 Å². The smallest absolute Gasteiger partial charge is 0.283 e. The van der Waals surface area contributed by atoms with E-state index in [1.807, 2.05) is 0 Å². The van der Waals surface area contributed by atoms with Crippen LogP contribution in [-0.2, 0) is 11.3 Å². The van der Waals surface area contributed by atoms with Gasteiger partial charge in [0, 0.05) is 12.1 Å². The average Bonchev–Trinajstić information content (AvgIpc) is 2.36. The molecule has 11 heteroatoms. The van der Waals surface area contributed by atoms with Gasteiger partial charge in [0.05, 0.1) is 0 Å². The van der Waals surface area contributed by atoms with E-state index in [1.54, 1.807) is 0 Å². The van der Waals surface area contributed by atoms with Gasteiger partial charge in [-0.3, -0.25) is 10.2 Å². The first-order valence-corrected chi connectivity index (χ1v) is 4.67. The topological polar surface area (TPSA) is 41.1 Å². The zero-order valence-electron chi connectivity index (χ0n) is 9.14. The molecule has 1 aromatic carbocycles. The summed E-state index contributed by atoms with van der Waals surface area (Å²) in [6.07, 6.45) is -5.27. The zero-order chi connectivity index (χ0) is 15.7. The molecular formula is C9H4F8N2O. The number of alkyl halides is 3. The van der Waals surface area contributed by atoms with Gasteiger partial charge in [-0.15, -0.1) is 0 Å². The Bertz CT molecular complexity index is 513. The first kappa shape index (κ1) is 16.1. The standard InChI is InChI=1S/C9H4F8N2O/c10-3-2(1-18-19-8(20)9(15,16)17)4(11)6(13)7(14)5(3)12/h18H,1H2,(H,19,20). The molecule has 3 nitrogen and oxygen atoms in total. The van der Waals surface area contributed by atoms with Crippen LogP contribution >= 0.6 is 0 Å². The molecule has 1 rings (SSSR count). The van der Waals surface area contributed by atoms with Crippen LogP contribution in [0.25, 0.3) is 0 Å². The Morgan fingerprint density at radius 3 is 1.65 bits per heavy atom. The fourth-order valence-electron chi connectivity index (χ4n) is 1.09. The van der Waals surface area contributed by atoms with Crippen LogP contribution in [0.5, 0.6) is 0 Å². The van der Waals surface area contributed by atoms with Crippen molar-refractivity contribution in [2.24, 2.45) is 0 Å². The van der Waals surface area contributed by atoms with Crippen LogP contribution in [0.3, 0.4) is 0 Å². The minimum absolute atomic E-state index is 0.993. The number of carbonyl (C=O) groups is 1. The summed E-state index contributed by atoms with van der Waals surface area (Å²) in [5.74, 6) is -13.8. The molecule has 0 aliphatic heterocycles. The van der Waals surface area contributed by atoms with E-state index in [-0.39, 0.29) is 0 Å². The van der Waals surface area contributed by atoms with E-state index in [2.05, 4.69) is 0 Å². The van der Waals surface area contributed by atoms with Gasteiger partial charge in [-0.2, -0.15) is 13.2 Å². The summed E-state index contributed by atoms with van der Waals surface area (Å²) < 4.78 is 99.4. The molecule has 0 radical (unpaired) electrons. The van der Waals surface area contributed by atoms with E-state index in [0.717, 1.165) is 5.43 Å². The predicted molar refractivity (Wildman–Crippen MR) is 47.3 cm³/mol. The predicted octanol–water partition coefficient (Wildman–Crippen LogP) is 2.07. The molecule has 1 amide bonds. The van der Waals surface area contributed by atoms with Crippen molar-refractivity contribution in [3.05, 3.63) is 34.6 Å². The third-order valence-corrected chi connectivity index (χ3v) is 2.03. The summed E-state index contributed by atoms with van der Waals surface area (Å²) >= 11 is 0. The largest absolute Gasteiger partial charge is 0.472 e. The summed E-state index contributed by atoms with van der Waals surface area (Å²) in [5, 5.41) is 0. The first-order valence-electron chi connectivity index (χ1n) is 4.67. The number of halogens is 8. The highest BCUT2D eigenvalue weighted by atomic mass is 19.4. The highest BCUT2D eigenvalue weighted by Crippen LogP contribution is 2.22. The number of benzene rings is 1. The van der Waals surface area contributed by atoms with Crippen LogP contribution in [0.15, 0.2) is 0 Å². The molecule has 0 fully saturated rings. The zero-order valence-corrected chi connectivity index (χ0v) is 9.14. The molecule has 0 atom stereocenters. The Morgan fingerprint density at radius 2 is 1.25 bits per heavy atom. The van der Waals surface area contributed by atoms with Crippen molar-refractivity contribution in [3.8, 4) is 0 Å². The first-order chi connectivity index (χ1) is 9.07. The lowest BCUT2D eigenvalue weighted by Crippen LogP contribution is -2.45. The third-order valence-electron chi connectivity index (χ3n) is 2.03. The van der Waals surface area contributed by atoms with Crippen LogP contribution in [-0.4, -0.2) is 12.1 Å². The second-order valence-corrected chi connectivity index (χ2v) is 3.35. The van der Waals surface area contributed by atoms with Crippen LogP contribution in [0.1, 0.15) is 5.56 Å². The summed E-state index contributed by atoms with van der Waals surface area (Å²) in [6, 6.07) is 0. The Balaban J connectivity index is 2.87. The van der Waals surface area contributed by atoms with Crippen LogP contribution in [0, 0.1) is 29.1 Å². The van der Waals surface area contributed by atoms with E-state index in [0.29, 0.717) is 0 Å². The van der Waals surface area contributed by atoms with Crippen molar-refractivity contribution >= 4 is 5.91 Å². The molecule has 0 bridgehead atoms. The van der Waals surface area contributed by atoms with Gasteiger partial charge in [-0.25, -0.2) is 27.4 Å². The molecule has 0 aliphatic rings. The van der Waals surface area contributed by atoms with Crippen LogP contribution in [0.4, 0.5) is 35.1 Å². The van der Waals surface area contributed by atoms with E-state index in [1.165, 1.54) is 5.43 Å². The summed E-state index contributed by atoms with van der Waals surface area (Å²) in [4.78, 5) is 10.3. The van der Waals surface area contributed by atoms with E-state index in [4.69, 9.17) is 0 Å². The van der Waals surface area contributed by atoms with Crippen molar-refractivity contribution in [2.45, 2.75) is 12.7 Å². The van der Waals surface area contributed by atoms with E-state index in [9.17, 15) is 39.9 Å². The fraction of sp³-hybridized carbons (Fsp3) is 0.222. The lowest BCUT2D eigenvalue weighted by molar-refractivity contribution is -0.174. The minimum Gasteiger partial charge on any atom is -0.283 e. The minimum atomic E-state index is -5.27. The molecule has 0 heterocycles. The Morgan fingerprint density at radius 1 is 0.850 bits per heavy atom. The number of hydrogen-bond acceptors (Lipinski definition) is 2. The molecule has 0 saturated heterocycles. The van der Waals surface area contributed by atoms with Crippen LogP contribution in [0.2, 0.25) is 0 Å². The summed E-state index contributed by atoms with van der Waals surface area (Å²) in [5.41, 5.74) is 0.988. The quantitative estimate of drug-likeness (QED) is 0.388. The molecule has 0 spiro atoms. The molecule has 0 aliphatic carbocycles. The Labute approximate surface area is 105 Å². The van der Waals surface area contributed by atoms with Gasteiger partial charge < -0.3 is 0 Å². The highest BCUT2D eigenvalue weighted by Gasteiger charge is 2.38. The molecular weight excluding hydrogens is 304 g/mol. The Kier molecular flexibility index (Phi) is 4.53. The average molecular weight is 308 g/mol. The second-order valence-electron chi connectivity index (χ2n) is 3.35. The van der Waals surface area contributed by atoms with Gasteiger partial charge in [0.1, 0.15) is 0 Å². The normalized spacial score (nSPS) is 11.6. The van der Waals surface area contributed by atoms with Gasteiger partial charge >= 0.3 is 12.1 Å². The number of amides is 1. The monoisotopic (exact) mass is 308 g/mol. The molecule has 0 aromatic heterocycles. The SMILES string of the molecule is O=C(NNCc1c(F)c(F)c(F)c(F)c1F)C(F)(F)F. The van der Waals surface area contributed by atoms with Crippen molar-refractivity contribution in [2.75, 3.05) is 0 Å². The number of carbonyl (C=O) groups excluding carboxylic acids is 1. The summed E-state index contributed by atoms with van der Waals surface area (Å²) in [7, 11) is 0. The molecule has 1 aromatic rings. The van der Waals surface area contributed by atoms with Gasteiger partial charge in [0.25, 0.3) is 0 Å². The number of rotatable bonds is 3. The van der Waals surface area contributed by atoms with E-state index < -0.39 is 53.3 Å². The van der Waals surface area contributed by atoms with E-state index >= 15 is 0 Å². The maximum atomic E-state index is 13.1. The lowest BCUT2D eigenvalue weighted by atomic mass is 10.1. The number of hydrazine groups is 1. The lowest BCUT2D eigenvalue weighted by Gasteiger charge is -2.11. The maximum Gasteiger partial charge on any atom is 0.472 e. The molecule has 112 valence electrons. The van der Waals surface area contributed by atoms with Crippen molar-refractivity contribution < 1.29 is 39.9 Å². The number of nitrogens with one attached hydrogen (secondary N) is 2. The van der Waals surface area contributed by atoms with Gasteiger partial charge in [0.15, 0.2) is 23.3 Å². The van der Waals surface area contributed by atoms with Gasteiger partial charge in [-0.1, -0.05) is 0 Å². The van der Waals surface area contributed by atoms with Crippen molar-refractivity contribution in [1.29, 1.82) is 0 Å². The highest BCUT2D eigenvalue weighted by molar-refractivity contribution is 5.81. The van der Waals surface area contributed by atoms with Crippen molar-refractivity contribution in [1.82, 2.24) is 10.9 Å². The molecule has 20 heavy (non-hydrogen) atoms. The van der Waals surface area contributed by atoms with Crippen LogP contribution < -0.4 is 10.9 Å². The molecule has 0 saturated carbocycles. The molecule has 2 N–H and O–H groups in total. The summed E-state index contributed by atoms with van der Waals surface area (Å²) in [6.45, 7) is -1.24. The van der Waals surface area contributed by atoms with Crippen molar-refractivity contribution in [3.63, 3.8) is 0 Å². The fourth-order valence-corrected chi connectivity index (χ4v) is 1.09. The maximum absolute atomic E-state index is 13.1.